The zero-order valence-electron chi connectivity index (χ0n) is 10.8. The number of ether oxygens (including phenoxy) is 1. The van der Waals surface area contributed by atoms with Gasteiger partial charge in [0.1, 0.15) is 0 Å². The van der Waals surface area contributed by atoms with Gasteiger partial charge in [-0.2, -0.15) is 0 Å². The Labute approximate surface area is 99.0 Å². The van der Waals surface area contributed by atoms with Crippen LogP contribution in [-0.2, 0) is 11.3 Å². The molecule has 0 amide bonds. The van der Waals surface area contributed by atoms with E-state index in [0.717, 1.165) is 6.54 Å². The molecule has 1 aromatic carbocycles. The molecule has 0 fully saturated rings. The van der Waals surface area contributed by atoms with Crippen molar-refractivity contribution in [2.24, 2.45) is 0 Å². The van der Waals surface area contributed by atoms with E-state index in [1.165, 1.54) is 11.1 Å². The summed E-state index contributed by atoms with van der Waals surface area (Å²) < 4.78 is 5.56. The fraction of sp³-hybridized carbons (Fsp3) is 0.571. The van der Waals surface area contributed by atoms with Gasteiger partial charge in [0.15, 0.2) is 0 Å². The molecule has 0 saturated heterocycles. The number of nitrogens with one attached hydrogen (secondary N) is 1. The molecule has 1 aromatic rings. The Hall–Kier alpha value is -0.860. The molecule has 90 valence electrons. The zero-order chi connectivity index (χ0) is 12.0. The van der Waals surface area contributed by atoms with Crippen LogP contribution in [0.3, 0.4) is 0 Å². The summed E-state index contributed by atoms with van der Waals surface area (Å²) in [4.78, 5) is 0. The summed E-state index contributed by atoms with van der Waals surface area (Å²) >= 11 is 0. The van der Waals surface area contributed by atoms with Crippen LogP contribution in [-0.4, -0.2) is 19.7 Å². The molecule has 0 bridgehead atoms. The Morgan fingerprint density at radius 1 is 1.12 bits per heavy atom. The van der Waals surface area contributed by atoms with Crippen molar-refractivity contribution in [1.29, 1.82) is 0 Å². The topological polar surface area (TPSA) is 21.3 Å². The number of likely N-dealkylation sites (N-methyl/N-ethyl adjacent to an activating group) is 1. The van der Waals surface area contributed by atoms with Crippen LogP contribution in [0, 0.1) is 0 Å². The van der Waals surface area contributed by atoms with Crippen molar-refractivity contribution in [3.8, 4) is 0 Å². The number of benzene rings is 1. The van der Waals surface area contributed by atoms with Gasteiger partial charge in [0.2, 0.25) is 0 Å². The minimum Gasteiger partial charge on any atom is -0.374 e. The molecule has 0 saturated carbocycles. The van der Waals surface area contributed by atoms with Gasteiger partial charge in [-0.05, 0) is 37.9 Å². The van der Waals surface area contributed by atoms with Crippen LogP contribution in [0.15, 0.2) is 24.3 Å². The molecule has 0 aliphatic heterocycles. The number of hydrogen-bond acceptors (Lipinski definition) is 2. The van der Waals surface area contributed by atoms with E-state index in [2.05, 4.69) is 50.4 Å². The van der Waals surface area contributed by atoms with Crippen LogP contribution in [0.1, 0.15) is 37.8 Å². The van der Waals surface area contributed by atoms with Crippen molar-refractivity contribution in [3.05, 3.63) is 35.4 Å². The molecule has 0 aromatic heterocycles. The summed E-state index contributed by atoms with van der Waals surface area (Å²) in [5, 5.41) is 3.20. The van der Waals surface area contributed by atoms with E-state index in [9.17, 15) is 0 Å². The monoisotopic (exact) mass is 221 g/mol. The van der Waals surface area contributed by atoms with Crippen molar-refractivity contribution in [2.75, 3.05) is 13.6 Å². The first-order chi connectivity index (χ1) is 7.63. The molecular formula is C14H23NO. The Morgan fingerprint density at radius 3 is 2.25 bits per heavy atom. The third-order valence-corrected chi connectivity index (χ3v) is 2.64. The van der Waals surface area contributed by atoms with Gasteiger partial charge >= 0.3 is 0 Å². The van der Waals surface area contributed by atoms with E-state index in [4.69, 9.17) is 4.74 Å². The van der Waals surface area contributed by atoms with E-state index < -0.39 is 0 Å². The number of hydrogen-bond donors (Lipinski definition) is 1. The van der Waals surface area contributed by atoms with E-state index in [0.29, 0.717) is 18.6 Å². The Morgan fingerprint density at radius 2 is 1.75 bits per heavy atom. The minimum absolute atomic E-state index is 0.294. The highest BCUT2D eigenvalue weighted by atomic mass is 16.5. The van der Waals surface area contributed by atoms with Crippen molar-refractivity contribution < 1.29 is 4.74 Å². The largest absolute Gasteiger partial charge is 0.374 e. The van der Waals surface area contributed by atoms with Gasteiger partial charge in [0, 0.05) is 6.54 Å². The quantitative estimate of drug-likeness (QED) is 0.797. The second-order valence-electron chi connectivity index (χ2n) is 4.56. The maximum atomic E-state index is 5.56. The lowest BCUT2D eigenvalue weighted by molar-refractivity contribution is 0.0657. The fourth-order valence-corrected chi connectivity index (χ4v) is 1.63. The molecule has 2 nitrogen and oxygen atoms in total. The molecule has 16 heavy (non-hydrogen) atoms. The summed E-state index contributed by atoms with van der Waals surface area (Å²) in [5.41, 5.74) is 2.62. The highest BCUT2D eigenvalue weighted by molar-refractivity contribution is 5.24. The van der Waals surface area contributed by atoms with Gasteiger partial charge in [-0.15, -0.1) is 0 Å². The first kappa shape index (κ1) is 13.2. The van der Waals surface area contributed by atoms with Gasteiger partial charge in [0.25, 0.3) is 0 Å². The predicted molar refractivity (Wildman–Crippen MR) is 68.7 cm³/mol. The summed E-state index contributed by atoms with van der Waals surface area (Å²) in [6.07, 6.45) is 0.294. The molecule has 0 aliphatic rings. The second kappa shape index (κ2) is 6.66. The molecule has 0 aliphatic carbocycles. The molecule has 0 spiro atoms. The minimum atomic E-state index is 0.294. The third-order valence-electron chi connectivity index (χ3n) is 2.64. The lowest BCUT2D eigenvalue weighted by Crippen LogP contribution is -2.14. The van der Waals surface area contributed by atoms with E-state index >= 15 is 0 Å². The first-order valence-electron chi connectivity index (χ1n) is 5.98. The maximum Gasteiger partial charge on any atom is 0.0720 e. The predicted octanol–water partition coefficient (Wildman–Crippen LogP) is 2.93. The molecular weight excluding hydrogens is 198 g/mol. The van der Waals surface area contributed by atoms with Crippen LogP contribution in [0.4, 0.5) is 0 Å². The number of rotatable bonds is 6. The summed E-state index contributed by atoms with van der Waals surface area (Å²) in [6, 6.07) is 8.70. The highest BCUT2D eigenvalue weighted by Gasteiger charge is 2.04. The summed E-state index contributed by atoms with van der Waals surface area (Å²) in [7, 11) is 1.99. The van der Waals surface area contributed by atoms with Gasteiger partial charge in [-0.3, -0.25) is 0 Å². The molecule has 1 atom stereocenters. The van der Waals surface area contributed by atoms with E-state index in [1.54, 1.807) is 0 Å². The van der Waals surface area contributed by atoms with Crippen LogP contribution in [0.5, 0.6) is 0 Å². The van der Waals surface area contributed by atoms with Crippen molar-refractivity contribution >= 4 is 0 Å². The fourth-order valence-electron chi connectivity index (χ4n) is 1.63. The van der Waals surface area contributed by atoms with Crippen LogP contribution < -0.4 is 5.32 Å². The van der Waals surface area contributed by atoms with Crippen LogP contribution in [0.25, 0.3) is 0 Å². The van der Waals surface area contributed by atoms with E-state index in [1.807, 2.05) is 7.05 Å². The average molecular weight is 221 g/mol. The average Bonchev–Trinajstić information content (AvgIpc) is 2.27. The normalized spacial score (nSPS) is 13.1. The second-order valence-corrected chi connectivity index (χ2v) is 4.56. The lowest BCUT2D eigenvalue weighted by Gasteiger charge is -2.12. The molecule has 2 heteroatoms. The van der Waals surface area contributed by atoms with Gasteiger partial charge in [-0.1, -0.05) is 31.2 Å². The van der Waals surface area contributed by atoms with Crippen molar-refractivity contribution in [2.45, 2.75) is 39.4 Å². The van der Waals surface area contributed by atoms with Crippen LogP contribution in [0.2, 0.25) is 0 Å². The Balaban J connectivity index is 2.53. The third kappa shape index (κ3) is 4.33. The molecule has 1 rings (SSSR count). The van der Waals surface area contributed by atoms with E-state index in [-0.39, 0.29) is 0 Å². The van der Waals surface area contributed by atoms with Gasteiger partial charge in [-0.25, -0.2) is 0 Å². The Kier molecular flexibility index (Phi) is 5.50. The van der Waals surface area contributed by atoms with Crippen molar-refractivity contribution in [3.63, 3.8) is 0 Å². The van der Waals surface area contributed by atoms with Crippen molar-refractivity contribution in [1.82, 2.24) is 5.32 Å². The molecule has 0 heterocycles. The molecule has 1 unspecified atom stereocenters. The summed E-state index contributed by atoms with van der Waals surface area (Å²) in [5.74, 6) is 0.560. The molecule has 0 radical (unpaired) electrons. The smallest absolute Gasteiger partial charge is 0.0720 e. The maximum absolute atomic E-state index is 5.56. The highest BCUT2D eigenvalue weighted by Crippen LogP contribution is 2.15. The first-order valence-corrected chi connectivity index (χ1v) is 5.98. The van der Waals surface area contributed by atoms with Gasteiger partial charge < -0.3 is 10.1 Å². The summed E-state index contributed by atoms with van der Waals surface area (Å²) in [6.45, 7) is 8.07. The van der Waals surface area contributed by atoms with Crippen LogP contribution >= 0.6 is 0 Å². The zero-order valence-corrected chi connectivity index (χ0v) is 10.8. The lowest BCUT2D eigenvalue weighted by atomic mass is 10.00. The molecule has 1 N–H and O–H groups in total. The standard InChI is InChI=1S/C14H23NO/c1-11(2)16-10-13-5-7-14(8-6-13)12(3)9-15-4/h5-8,11-12,15H,9-10H2,1-4H3. The SMILES string of the molecule is CNCC(C)c1ccc(COC(C)C)cc1. The van der Waals surface area contributed by atoms with Gasteiger partial charge in [0.05, 0.1) is 12.7 Å². The Bertz CT molecular complexity index is 292.